The van der Waals surface area contributed by atoms with Gasteiger partial charge in [0.15, 0.2) is 0 Å². The van der Waals surface area contributed by atoms with Gasteiger partial charge in [0.25, 0.3) is 0 Å². The minimum atomic E-state index is 0.753. The molecule has 1 heteroatoms. The average molecular weight is 143 g/mol. The van der Waals surface area contributed by atoms with E-state index in [-0.39, 0.29) is 0 Å². The molecule has 1 fully saturated rings. The van der Waals surface area contributed by atoms with Gasteiger partial charge in [-0.1, -0.05) is 20.8 Å². The van der Waals surface area contributed by atoms with Crippen LogP contribution in [0, 0.1) is 5.92 Å². The van der Waals surface area contributed by atoms with Gasteiger partial charge in [0, 0.05) is 6.04 Å². The van der Waals surface area contributed by atoms with Crippen molar-refractivity contribution in [1.29, 1.82) is 0 Å². The molecule has 0 aromatic rings. The zero-order valence-corrected chi connectivity index (χ0v) is 7.78. The van der Waals surface area contributed by atoms with Crippen molar-refractivity contribution < 1.29 is 0 Å². The molecule has 1 N–H and O–H groups in total. The van der Waals surface area contributed by atoms with E-state index in [2.05, 4.69) is 19.2 Å². The van der Waals surface area contributed by atoms with E-state index < -0.39 is 0 Å². The summed E-state index contributed by atoms with van der Waals surface area (Å²) < 4.78 is 0. The molecular formula is C9H21N. The smallest absolute Gasteiger partial charge is 0.00643 e. The molecule has 0 unspecified atom stereocenters. The molecule has 10 heavy (non-hydrogen) atoms. The van der Waals surface area contributed by atoms with E-state index in [4.69, 9.17) is 0 Å². The second kappa shape index (κ2) is 5.72. The number of hydrogen-bond donors (Lipinski definition) is 1. The Labute approximate surface area is 65.2 Å². The van der Waals surface area contributed by atoms with Gasteiger partial charge in [-0.15, -0.1) is 0 Å². The second-order valence-electron chi connectivity index (χ2n) is 2.86. The molecule has 0 radical (unpaired) electrons. The SMILES string of the molecule is CC.C[C@H]1CCCN[C@@H]1C. The highest BCUT2D eigenvalue weighted by atomic mass is 14.9. The molecule has 0 aromatic carbocycles. The van der Waals surface area contributed by atoms with Crippen LogP contribution in [0.25, 0.3) is 0 Å². The summed E-state index contributed by atoms with van der Waals surface area (Å²) >= 11 is 0. The van der Waals surface area contributed by atoms with Crippen LogP contribution in [0.2, 0.25) is 0 Å². The summed E-state index contributed by atoms with van der Waals surface area (Å²) in [6, 6.07) is 0.753. The van der Waals surface area contributed by atoms with E-state index >= 15 is 0 Å². The number of nitrogens with one attached hydrogen (secondary N) is 1. The summed E-state index contributed by atoms with van der Waals surface area (Å²) in [6.45, 7) is 9.81. The highest BCUT2D eigenvalue weighted by Gasteiger charge is 2.14. The molecule has 0 aliphatic carbocycles. The maximum Gasteiger partial charge on any atom is 0.00643 e. The first kappa shape index (κ1) is 9.96. The Hall–Kier alpha value is -0.0400. The Morgan fingerprint density at radius 1 is 1.20 bits per heavy atom. The predicted octanol–water partition coefficient (Wildman–Crippen LogP) is 2.42. The Morgan fingerprint density at radius 2 is 1.80 bits per heavy atom. The van der Waals surface area contributed by atoms with Crippen molar-refractivity contribution in [2.45, 2.75) is 46.6 Å². The molecule has 0 bridgehead atoms. The van der Waals surface area contributed by atoms with Crippen molar-refractivity contribution in [3.8, 4) is 0 Å². The van der Waals surface area contributed by atoms with Gasteiger partial charge >= 0.3 is 0 Å². The van der Waals surface area contributed by atoms with E-state index in [9.17, 15) is 0 Å². The lowest BCUT2D eigenvalue weighted by atomic mass is 9.94. The second-order valence-corrected chi connectivity index (χ2v) is 2.86. The summed E-state index contributed by atoms with van der Waals surface area (Å²) in [4.78, 5) is 0. The fourth-order valence-electron chi connectivity index (χ4n) is 1.20. The van der Waals surface area contributed by atoms with Gasteiger partial charge in [-0.05, 0) is 32.2 Å². The minimum absolute atomic E-state index is 0.753. The normalized spacial score (nSPS) is 32.4. The molecule has 62 valence electrons. The summed E-state index contributed by atoms with van der Waals surface area (Å²) in [7, 11) is 0. The van der Waals surface area contributed by atoms with Crippen LogP contribution in [0.3, 0.4) is 0 Å². The monoisotopic (exact) mass is 143 g/mol. The number of hydrogen-bond acceptors (Lipinski definition) is 1. The van der Waals surface area contributed by atoms with Crippen LogP contribution in [0.15, 0.2) is 0 Å². The Bertz CT molecular complexity index is 61.1. The van der Waals surface area contributed by atoms with Gasteiger partial charge in [-0.3, -0.25) is 0 Å². The third-order valence-electron chi connectivity index (χ3n) is 2.16. The summed E-state index contributed by atoms with van der Waals surface area (Å²) in [5.41, 5.74) is 0. The largest absolute Gasteiger partial charge is 0.314 e. The lowest BCUT2D eigenvalue weighted by Crippen LogP contribution is -2.37. The van der Waals surface area contributed by atoms with Crippen LogP contribution >= 0.6 is 0 Å². The third-order valence-corrected chi connectivity index (χ3v) is 2.16. The number of rotatable bonds is 0. The van der Waals surface area contributed by atoms with Crippen LogP contribution < -0.4 is 5.32 Å². The number of piperidine rings is 1. The van der Waals surface area contributed by atoms with Crippen LogP contribution in [-0.4, -0.2) is 12.6 Å². The molecule has 0 amide bonds. The topological polar surface area (TPSA) is 12.0 Å². The molecule has 0 spiro atoms. The molecule has 1 heterocycles. The van der Waals surface area contributed by atoms with Crippen molar-refractivity contribution in [2.24, 2.45) is 5.92 Å². The first-order valence-corrected chi connectivity index (χ1v) is 4.54. The van der Waals surface area contributed by atoms with Crippen LogP contribution in [0.1, 0.15) is 40.5 Å². The lowest BCUT2D eigenvalue weighted by molar-refractivity contribution is 0.319. The van der Waals surface area contributed by atoms with E-state index in [1.807, 2.05) is 13.8 Å². The molecule has 0 aromatic heterocycles. The van der Waals surface area contributed by atoms with Crippen molar-refractivity contribution in [1.82, 2.24) is 5.32 Å². The molecule has 1 rings (SSSR count). The van der Waals surface area contributed by atoms with E-state index in [1.165, 1.54) is 19.4 Å². The predicted molar refractivity (Wildman–Crippen MR) is 47.2 cm³/mol. The van der Waals surface area contributed by atoms with Crippen molar-refractivity contribution in [3.05, 3.63) is 0 Å². The van der Waals surface area contributed by atoms with Gasteiger partial charge in [-0.2, -0.15) is 0 Å². The maximum absolute atomic E-state index is 3.43. The summed E-state index contributed by atoms with van der Waals surface area (Å²) in [6.07, 6.45) is 2.78. The van der Waals surface area contributed by atoms with Gasteiger partial charge in [0.2, 0.25) is 0 Å². The fourth-order valence-corrected chi connectivity index (χ4v) is 1.20. The molecular weight excluding hydrogens is 122 g/mol. The molecule has 1 nitrogen and oxygen atoms in total. The quantitative estimate of drug-likeness (QED) is 0.549. The van der Waals surface area contributed by atoms with Crippen molar-refractivity contribution in [2.75, 3.05) is 6.54 Å². The minimum Gasteiger partial charge on any atom is -0.314 e. The van der Waals surface area contributed by atoms with Crippen LogP contribution in [-0.2, 0) is 0 Å². The molecule has 0 saturated carbocycles. The molecule has 2 atom stereocenters. The average Bonchev–Trinajstić information content (AvgIpc) is 2.00. The zero-order chi connectivity index (χ0) is 7.98. The highest BCUT2D eigenvalue weighted by molar-refractivity contribution is 4.73. The molecule has 1 saturated heterocycles. The Balaban J connectivity index is 0.000000371. The van der Waals surface area contributed by atoms with E-state index in [0.29, 0.717) is 0 Å². The highest BCUT2D eigenvalue weighted by Crippen LogP contribution is 2.13. The summed E-state index contributed by atoms with van der Waals surface area (Å²) in [5, 5.41) is 3.43. The molecule has 1 aliphatic rings. The van der Waals surface area contributed by atoms with Crippen LogP contribution in [0.4, 0.5) is 0 Å². The van der Waals surface area contributed by atoms with Crippen molar-refractivity contribution in [3.63, 3.8) is 0 Å². The standard InChI is InChI=1S/C7H15N.C2H6/c1-6-4-3-5-8-7(6)2;1-2/h6-8H,3-5H2,1-2H3;1-2H3/t6-,7+;/m0./s1. The Morgan fingerprint density at radius 3 is 2.10 bits per heavy atom. The van der Waals surface area contributed by atoms with E-state index in [0.717, 1.165) is 12.0 Å². The summed E-state index contributed by atoms with van der Waals surface area (Å²) in [5.74, 6) is 0.892. The van der Waals surface area contributed by atoms with Gasteiger partial charge in [0.1, 0.15) is 0 Å². The lowest BCUT2D eigenvalue weighted by Gasteiger charge is -2.26. The van der Waals surface area contributed by atoms with Crippen LogP contribution in [0.5, 0.6) is 0 Å². The van der Waals surface area contributed by atoms with E-state index in [1.54, 1.807) is 0 Å². The Kier molecular flexibility index (Phi) is 5.70. The van der Waals surface area contributed by atoms with Crippen molar-refractivity contribution >= 4 is 0 Å². The zero-order valence-electron chi connectivity index (χ0n) is 7.78. The third kappa shape index (κ3) is 3.21. The maximum atomic E-state index is 3.43. The molecule has 1 aliphatic heterocycles. The fraction of sp³-hybridized carbons (Fsp3) is 1.00. The van der Waals surface area contributed by atoms with Gasteiger partial charge in [-0.25, -0.2) is 0 Å². The first-order chi connectivity index (χ1) is 4.80. The van der Waals surface area contributed by atoms with Gasteiger partial charge in [0.05, 0.1) is 0 Å². The van der Waals surface area contributed by atoms with Gasteiger partial charge < -0.3 is 5.32 Å². The first-order valence-electron chi connectivity index (χ1n) is 4.54.